The molecule has 2 saturated heterocycles. The first-order valence-corrected chi connectivity index (χ1v) is 14.4. The van der Waals surface area contributed by atoms with E-state index in [9.17, 15) is 5.26 Å². The zero-order chi connectivity index (χ0) is 27.1. The van der Waals surface area contributed by atoms with Crippen LogP contribution in [0.3, 0.4) is 0 Å². The fourth-order valence-electron chi connectivity index (χ4n) is 6.46. The Morgan fingerprint density at radius 1 is 1.18 bits per heavy atom. The number of nitrogens with zero attached hydrogens (tertiary/aromatic N) is 8. The number of benzene rings is 1. The molecule has 0 unspecified atom stereocenters. The molecule has 10 nitrogen and oxygen atoms in total. The highest BCUT2D eigenvalue weighted by Gasteiger charge is 2.46. The van der Waals surface area contributed by atoms with Crippen LogP contribution in [-0.2, 0) is 29.7 Å². The molecule has 10 heteroatoms. The third kappa shape index (κ3) is 4.49. The summed E-state index contributed by atoms with van der Waals surface area (Å²) in [6.07, 6.45) is 10.6. The minimum atomic E-state index is -0.320. The molecule has 0 atom stereocenters. The van der Waals surface area contributed by atoms with Crippen molar-refractivity contribution >= 4 is 23.0 Å². The summed E-state index contributed by atoms with van der Waals surface area (Å²) in [5.74, 6) is 0.579. The lowest BCUT2D eigenvalue weighted by Crippen LogP contribution is -2.63. The van der Waals surface area contributed by atoms with Crippen LogP contribution in [0.15, 0.2) is 48.9 Å². The maximum Gasteiger partial charge on any atom is 0.247 e. The van der Waals surface area contributed by atoms with Gasteiger partial charge in [-0.2, -0.15) is 15.3 Å². The van der Waals surface area contributed by atoms with Crippen LogP contribution < -0.4 is 10.2 Å². The van der Waals surface area contributed by atoms with Crippen LogP contribution in [0, 0.1) is 11.3 Å². The van der Waals surface area contributed by atoms with Gasteiger partial charge in [0.2, 0.25) is 5.95 Å². The summed E-state index contributed by atoms with van der Waals surface area (Å²) in [6.45, 7) is 7.40. The number of pyridine rings is 1. The fraction of sp³-hybridized carbons (Fsp3) is 0.467. The van der Waals surface area contributed by atoms with E-state index in [0.29, 0.717) is 31.5 Å². The second-order valence-corrected chi connectivity index (χ2v) is 11.3. The number of rotatable bonds is 7. The molecule has 0 aliphatic carbocycles. The number of anilines is 3. The number of hydrogen-bond donors (Lipinski definition) is 1. The number of aryl methyl sites for hydroxylation is 1. The average molecular weight is 538 g/mol. The Labute approximate surface area is 234 Å². The molecule has 0 bridgehead atoms. The Morgan fingerprint density at radius 2 is 2.05 bits per heavy atom. The van der Waals surface area contributed by atoms with E-state index >= 15 is 0 Å². The molecule has 0 saturated carbocycles. The number of nitrogens with one attached hydrogen (secondary N) is 1. The fourth-order valence-corrected chi connectivity index (χ4v) is 6.46. The Balaban J connectivity index is 1.07. The SMILES string of the molecule is CCc1cnn(C2(CC#N)CN(c3cccn4nc(Nc5ccc6c(c5)CCN(C5CCOCC5)C6)nc34)C2)c1. The van der Waals surface area contributed by atoms with Crippen LogP contribution in [0.4, 0.5) is 17.3 Å². The van der Waals surface area contributed by atoms with Gasteiger partial charge >= 0.3 is 0 Å². The van der Waals surface area contributed by atoms with Gasteiger partial charge in [-0.3, -0.25) is 9.58 Å². The third-order valence-electron chi connectivity index (χ3n) is 8.80. The standard InChI is InChI=1S/C30H35N9O/c1-2-22-17-32-39(18-22)30(10-11-31)20-37(21-30)27-4-3-12-38-28(27)34-29(35-38)33-25-6-5-24-19-36(13-7-23(24)16-25)26-8-14-40-15-9-26/h3-6,12,16-18,26H,2,7-10,13-15,19-21H2,1H3,(H,33,35). The molecule has 2 fully saturated rings. The summed E-state index contributed by atoms with van der Waals surface area (Å²) >= 11 is 0. The van der Waals surface area contributed by atoms with E-state index in [1.54, 1.807) is 0 Å². The molecule has 3 aliphatic heterocycles. The highest BCUT2D eigenvalue weighted by atomic mass is 16.5. The number of aromatic nitrogens is 5. The quantitative estimate of drug-likeness (QED) is 0.379. The average Bonchev–Trinajstić information content (AvgIpc) is 3.62. The lowest BCUT2D eigenvalue weighted by atomic mass is 9.86. The van der Waals surface area contributed by atoms with Crippen molar-refractivity contribution in [3.8, 4) is 6.07 Å². The Morgan fingerprint density at radius 3 is 2.85 bits per heavy atom. The maximum atomic E-state index is 9.56. The van der Waals surface area contributed by atoms with Gasteiger partial charge in [-0.15, -0.1) is 5.10 Å². The minimum Gasteiger partial charge on any atom is -0.381 e. The zero-order valence-electron chi connectivity index (χ0n) is 23.0. The van der Waals surface area contributed by atoms with Crippen LogP contribution in [0.2, 0.25) is 0 Å². The van der Waals surface area contributed by atoms with Gasteiger partial charge in [0.1, 0.15) is 5.54 Å². The molecule has 40 heavy (non-hydrogen) atoms. The summed E-state index contributed by atoms with van der Waals surface area (Å²) in [5, 5.41) is 22.3. The van der Waals surface area contributed by atoms with E-state index in [4.69, 9.17) is 14.8 Å². The van der Waals surface area contributed by atoms with Gasteiger partial charge in [0.05, 0.1) is 24.4 Å². The molecule has 0 spiro atoms. The van der Waals surface area contributed by atoms with E-state index in [1.807, 2.05) is 27.7 Å². The molecule has 3 aromatic heterocycles. The summed E-state index contributed by atoms with van der Waals surface area (Å²) < 4.78 is 9.38. The molecule has 4 aromatic rings. The van der Waals surface area contributed by atoms with Gasteiger partial charge in [0.15, 0.2) is 5.65 Å². The van der Waals surface area contributed by atoms with Crippen molar-refractivity contribution < 1.29 is 4.74 Å². The molecular formula is C30H35N9O. The predicted octanol–water partition coefficient (Wildman–Crippen LogP) is 3.90. The summed E-state index contributed by atoms with van der Waals surface area (Å²) in [7, 11) is 0. The topological polar surface area (TPSA) is 99.5 Å². The first-order chi connectivity index (χ1) is 19.6. The maximum absolute atomic E-state index is 9.56. The van der Waals surface area contributed by atoms with Gasteiger partial charge in [0.25, 0.3) is 0 Å². The van der Waals surface area contributed by atoms with Crippen molar-refractivity contribution in [3.63, 3.8) is 0 Å². The molecule has 1 aromatic carbocycles. The van der Waals surface area contributed by atoms with Crippen LogP contribution in [0.5, 0.6) is 0 Å². The molecule has 3 aliphatic rings. The molecule has 1 N–H and O–H groups in total. The van der Waals surface area contributed by atoms with Gasteiger partial charge in [0, 0.05) is 63.5 Å². The van der Waals surface area contributed by atoms with Gasteiger partial charge in [-0.25, -0.2) is 4.52 Å². The normalized spacial score (nSPS) is 19.2. The molecule has 0 amide bonds. The monoisotopic (exact) mass is 537 g/mol. The van der Waals surface area contributed by atoms with Gasteiger partial charge in [-0.1, -0.05) is 13.0 Å². The van der Waals surface area contributed by atoms with Crippen molar-refractivity contribution in [3.05, 3.63) is 65.6 Å². The molecule has 0 radical (unpaired) electrons. The molecule has 7 rings (SSSR count). The molecular weight excluding hydrogens is 502 g/mol. The molecule has 206 valence electrons. The second kappa shape index (κ2) is 10.2. The van der Waals surface area contributed by atoms with Crippen molar-refractivity contribution in [2.24, 2.45) is 0 Å². The van der Waals surface area contributed by atoms with Crippen LogP contribution in [-0.4, -0.2) is 68.2 Å². The lowest BCUT2D eigenvalue weighted by molar-refractivity contribution is 0.0290. The number of ether oxygens (including phenoxy) is 1. The van der Waals surface area contributed by atoms with E-state index in [1.165, 1.54) is 16.7 Å². The first-order valence-electron chi connectivity index (χ1n) is 14.4. The first kappa shape index (κ1) is 25.1. The minimum absolute atomic E-state index is 0.320. The van der Waals surface area contributed by atoms with Crippen molar-refractivity contribution in [1.82, 2.24) is 29.3 Å². The summed E-state index contributed by atoms with van der Waals surface area (Å²) in [6, 6.07) is 13.7. The summed E-state index contributed by atoms with van der Waals surface area (Å²) in [4.78, 5) is 9.76. The van der Waals surface area contributed by atoms with E-state index in [-0.39, 0.29) is 5.54 Å². The largest absolute Gasteiger partial charge is 0.381 e. The van der Waals surface area contributed by atoms with Crippen molar-refractivity contribution in [2.75, 3.05) is 43.1 Å². The Hall–Kier alpha value is -3.94. The van der Waals surface area contributed by atoms with E-state index in [0.717, 1.165) is 69.0 Å². The Kier molecular flexibility index (Phi) is 6.41. The highest BCUT2D eigenvalue weighted by Crippen LogP contribution is 2.37. The highest BCUT2D eigenvalue weighted by molar-refractivity contribution is 5.72. The van der Waals surface area contributed by atoms with Crippen LogP contribution in [0.25, 0.3) is 5.65 Å². The second-order valence-electron chi connectivity index (χ2n) is 11.3. The smallest absolute Gasteiger partial charge is 0.247 e. The van der Waals surface area contributed by atoms with Gasteiger partial charge in [-0.05, 0) is 66.6 Å². The number of hydrogen-bond acceptors (Lipinski definition) is 8. The molecule has 6 heterocycles. The van der Waals surface area contributed by atoms with E-state index < -0.39 is 0 Å². The lowest BCUT2D eigenvalue weighted by Gasteiger charge is -2.50. The number of fused-ring (bicyclic) bond motifs is 2. The van der Waals surface area contributed by atoms with Gasteiger partial charge < -0.3 is 15.0 Å². The summed E-state index contributed by atoms with van der Waals surface area (Å²) in [5.41, 5.74) is 6.50. The predicted molar refractivity (Wildman–Crippen MR) is 153 cm³/mol. The van der Waals surface area contributed by atoms with Crippen LogP contribution >= 0.6 is 0 Å². The van der Waals surface area contributed by atoms with Crippen molar-refractivity contribution in [1.29, 1.82) is 5.26 Å². The Bertz CT molecular complexity index is 1550. The third-order valence-corrected chi connectivity index (χ3v) is 8.80. The van der Waals surface area contributed by atoms with Crippen LogP contribution in [0.1, 0.15) is 42.9 Å². The van der Waals surface area contributed by atoms with E-state index in [2.05, 4.69) is 63.7 Å². The number of nitriles is 1. The van der Waals surface area contributed by atoms with Crippen molar-refractivity contribution in [2.45, 2.75) is 57.2 Å². The zero-order valence-corrected chi connectivity index (χ0v) is 23.0.